The van der Waals surface area contributed by atoms with E-state index < -0.39 is 63.5 Å². The van der Waals surface area contributed by atoms with Gasteiger partial charge in [-0.15, -0.1) is 0 Å². The summed E-state index contributed by atoms with van der Waals surface area (Å²) in [5, 5.41) is 8.96. The van der Waals surface area contributed by atoms with Crippen LogP contribution in [0.15, 0.2) is 133 Å². The molecule has 0 saturated carbocycles. The van der Waals surface area contributed by atoms with Crippen molar-refractivity contribution >= 4 is 32.3 Å². The van der Waals surface area contributed by atoms with Gasteiger partial charge in [0.05, 0.1) is 22.8 Å². The summed E-state index contributed by atoms with van der Waals surface area (Å²) in [5.41, 5.74) is 6.07. The lowest BCUT2D eigenvalue weighted by Gasteiger charge is -2.12. The third kappa shape index (κ3) is 10.6. The number of aromatic hydroxyl groups is 1. The van der Waals surface area contributed by atoms with Crippen molar-refractivity contribution in [3.05, 3.63) is 203 Å². The second-order valence-electron chi connectivity index (χ2n) is 16.7. The van der Waals surface area contributed by atoms with Gasteiger partial charge in [-0.05, 0) is 93.9 Å². The van der Waals surface area contributed by atoms with Gasteiger partial charge in [-0.2, -0.15) is 8.78 Å². The van der Waals surface area contributed by atoms with Crippen LogP contribution in [0.2, 0.25) is 0 Å². The molecule has 9 aromatic carbocycles. The van der Waals surface area contributed by atoms with Gasteiger partial charge >= 0.3 is 0 Å². The zero-order chi connectivity index (χ0) is 50.2. The Morgan fingerprint density at radius 3 is 1.11 bits per heavy atom. The van der Waals surface area contributed by atoms with Gasteiger partial charge in [0.1, 0.15) is 17.5 Å². The lowest BCUT2D eigenvalue weighted by molar-refractivity contribution is 0.315. The number of hydrogen-bond acceptors (Lipinski definition) is 2. The maximum atomic E-state index is 14.9. The molecule has 0 spiro atoms. The van der Waals surface area contributed by atoms with Crippen molar-refractivity contribution < 1.29 is 49.4 Å². The van der Waals surface area contributed by atoms with Crippen molar-refractivity contribution in [3.63, 3.8) is 0 Å². The zero-order valence-corrected chi connectivity index (χ0v) is 38.9. The minimum atomic E-state index is -1.44. The summed E-state index contributed by atoms with van der Waals surface area (Å²) in [6, 6.07) is 36.4. The highest BCUT2D eigenvalue weighted by Gasteiger charge is 2.22. The molecule has 9 rings (SSSR count). The van der Waals surface area contributed by atoms with E-state index in [2.05, 4.69) is 20.8 Å². The van der Waals surface area contributed by atoms with Crippen LogP contribution in [0.5, 0.6) is 11.5 Å². The molecule has 0 amide bonds. The fraction of sp³-hybridized carbons (Fsp3) is 0.186. The smallest absolute Gasteiger partial charge is 0.201 e. The van der Waals surface area contributed by atoms with Crippen molar-refractivity contribution in [3.8, 4) is 44.9 Å². The SMILES string of the molecule is CCCc1ccc(-c2ccc3cc(O)c(F)c(F)c3c2F)cc1.CCCc1ccc(-c2ccc3cc(OCC)c(F)c(F)c3c2F)cc1.CCCc1ccc(-c2ccc3ccc(F)c(F)c3c2F)cc1. The number of fused-ring (bicyclic) bond motifs is 3. The summed E-state index contributed by atoms with van der Waals surface area (Å²) >= 11 is 0. The van der Waals surface area contributed by atoms with Crippen molar-refractivity contribution in [2.75, 3.05) is 6.61 Å². The Bertz CT molecular complexity index is 3300. The van der Waals surface area contributed by atoms with Crippen molar-refractivity contribution in [2.45, 2.75) is 66.2 Å². The lowest BCUT2D eigenvalue weighted by atomic mass is 9.98. The summed E-state index contributed by atoms with van der Waals surface area (Å²) in [5.74, 6) is -10.7. The van der Waals surface area contributed by atoms with E-state index in [9.17, 15) is 44.6 Å². The molecule has 360 valence electrons. The molecule has 0 aliphatic carbocycles. The minimum absolute atomic E-state index is 0.116. The summed E-state index contributed by atoms with van der Waals surface area (Å²) in [6.45, 7) is 8.13. The molecule has 0 unspecified atom stereocenters. The highest BCUT2D eigenvalue weighted by atomic mass is 19.2. The molecule has 70 heavy (non-hydrogen) atoms. The van der Waals surface area contributed by atoms with Crippen LogP contribution in [-0.2, 0) is 19.3 Å². The Hall–Kier alpha value is -7.27. The first kappa shape index (κ1) is 50.6. The quantitative estimate of drug-likeness (QED) is 0.131. The number of ether oxygens (including phenoxy) is 1. The van der Waals surface area contributed by atoms with E-state index in [0.717, 1.165) is 61.8 Å². The van der Waals surface area contributed by atoms with E-state index in [0.29, 0.717) is 22.1 Å². The van der Waals surface area contributed by atoms with Gasteiger partial charge in [0.15, 0.2) is 34.8 Å². The van der Waals surface area contributed by atoms with Gasteiger partial charge in [0, 0.05) is 16.7 Å². The third-order valence-corrected chi connectivity index (χ3v) is 11.9. The minimum Gasteiger partial charge on any atom is -0.505 e. The van der Waals surface area contributed by atoms with Gasteiger partial charge in [-0.3, -0.25) is 0 Å². The number of halogens is 9. The first-order valence-corrected chi connectivity index (χ1v) is 23.1. The highest BCUT2D eigenvalue weighted by Crippen LogP contribution is 2.37. The second-order valence-corrected chi connectivity index (χ2v) is 16.7. The molecule has 0 aliphatic rings. The van der Waals surface area contributed by atoms with E-state index in [1.807, 2.05) is 48.5 Å². The Labute approximate surface area is 400 Å². The van der Waals surface area contributed by atoms with E-state index in [1.54, 1.807) is 55.5 Å². The van der Waals surface area contributed by atoms with E-state index in [-0.39, 0.29) is 50.6 Å². The van der Waals surface area contributed by atoms with Crippen molar-refractivity contribution in [2.24, 2.45) is 0 Å². The Morgan fingerprint density at radius 2 is 0.714 bits per heavy atom. The number of aryl methyl sites for hydroxylation is 3. The van der Waals surface area contributed by atoms with Crippen LogP contribution in [0.3, 0.4) is 0 Å². The van der Waals surface area contributed by atoms with Crippen molar-refractivity contribution in [1.29, 1.82) is 0 Å². The fourth-order valence-electron chi connectivity index (χ4n) is 8.38. The monoisotopic (exact) mass is 960 g/mol. The molecule has 0 aliphatic heterocycles. The Morgan fingerprint density at radius 1 is 0.357 bits per heavy atom. The molecular formula is C59H49F9O2. The summed E-state index contributed by atoms with van der Waals surface area (Å²) in [4.78, 5) is 0. The van der Waals surface area contributed by atoms with Gasteiger partial charge in [0.2, 0.25) is 11.6 Å². The lowest BCUT2D eigenvalue weighted by Crippen LogP contribution is -2.00. The van der Waals surface area contributed by atoms with Gasteiger partial charge < -0.3 is 9.84 Å². The Balaban J connectivity index is 0.000000155. The molecule has 11 heteroatoms. The first-order valence-electron chi connectivity index (χ1n) is 23.1. The Kier molecular flexibility index (Phi) is 16.2. The largest absolute Gasteiger partial charge is 0.505 e. The van der Waals surface area contributed by atoms with Gasteiger partial charge in [-0.25, -0.2) is 30.7 Å². The number of phenolic OH excluding ortho intramolecular Hbond substituents is 1. The third-order valence-electron chi connectivity index (χ3n) is 11.9. The van der Waals surface area contributed by atoms with Crippen LogP contribution in [-0.4, -0.2) is 11.7 Å². The zero-order valence-electron chi connectivity index (χ0n) is 38.9. The van der Waals surface area contributed by atoms with Crippen LogP contribution in [0.1, 0.15) is 63.6 Å². The molecule has 0 radical (unpaired) electrons. The average Bonchev–Trinajstić information content (AvgIpc) is 3.35. The first-order chi connectivity index (χ1) is 33.7. The maximum absolute atomic E-state index is 14.9. The van der Waals surface area contributed by atoms with Crippen LogP contribution < -0.4 is 4.74 Å². The molecule has 2 nitrogen and oxygen atoms in total. The fourth-order valence-corrected chi connectivity index (χ4v) is 8.38. The summed E-state index contributed by atoms with van der Waals surface area (Å²) < 4.78 is 133. The van der Waals surface area contributed by atoms with Crippen LogP contribution in [0.25, 0.3) is 65.7 Å². The molecule has 0 saturated heterocycles. The van der Waals surface area contributed by atoms with Crippen LogP contribution >= 0.6 is 0 Å². The normalized spacial score (nSPS) is 11.1. The molecule has 0 bridgehead atoms. The number of hydrogen-bond donors (Lipinski definition) is 1. The predicted molar refractivity (Wildman–Crippen MR) is 263 cm³/mol. The molecule has 9 aromatic rings. The molecule has 0 fully saturated rings. The van der Waals surface area contributed by atoms with Gasteiger partial charge in [-0.1, -0.05) is 155 Å². The summed E-state index contributed by atoms with van der Waals surface area (Å²) in [6.07, 6.45) is 5.91. The number of phenols is 1. The summed E-state index contributed by atoms with van der Waals surface area (Å²) in [7, 11) is 0. The van der Waals surface area contributed by atoms with Crippen LogP contribution in [0.4, 0.5) is 39.5 Å². The average molecular weight is 961 g/mol. The molecular weight excluding hydrogens is 912 g/mol. The number of benzene rings is 9. The van der Waals surface area contributed by atoms with Crippen molar-refractivity contribution in [1.82, 2.24) is 0 Å². The predicted octanol–water partition coefficient (Wildman–Crippen LogP) is 17.7. The van der Waals surface area contributed by atoms with Gasteiger partial charge in [0.25, 0.3) is 0 Å². The standard InChI is InChI=1S/C21H19F3O.C19H15F3O.C19H15F3/c1-3-5-13-6-8-14(9-7-13)16-11-10-15-12-17(25-4-2)20(23)21(24)18(15)19(16)22;1-2-3-11-4-6-12(7-5-11)14-9-8-13-10-15(23)18(21)19(22)16(13)17(14)20;1-2-3-12-4-6-13(7-5-12)15-10-8-14-9-11-16(20)19(22)17(14)18(15)21/h6-12H,3-5H2,1-2H3;4-10,23H,2-3H2,1H3;4-11H,2-3H2,1H3. The molecule has 0 heterocycles. The topological polar surface area (TPSA) is 29.5 Å². The molecule has 0 atom stereocenters. The van der Waals surface area contributed by atoms with E-state index >= 15 is 0 Å². The molecule has 0 aromatic heterocycles. The second kappa shape index (κ2) is 22.4. The van der Waals surface area contributed by atoms with E-state index in [1.165, 1.54) is 29.8 Å². The molecule has 1 N–H and O–H groups in total. The van der Waals surface area contributed by atoms with Crippen LogP contribution in [0, 0.1) is 52.4 Å². The maximum Gasteiger partial charge on any atom is 0.201 e. The van der Waals surface area contributed by atoms with E-state index in [4.69, 9.17) is 4.74 Å². The number of rotatable bonds is 11. The highest BCUT2D eigenvalue weighted by molar-refractivity contribution is 5.92.